The second-order valence-electron chi connectivity index (χ2n) is 8.84. The molecule has 0 spiro atoms. The Morgan fingerprint density at radius 3 is 2.57 bits per heavy atom. The lowest BCUT2D eigenvalue weighted by Gasteiger charge is -2.37. The van der Waals surface area contributed by atoms with E-state index in [2.05, 4.69) is 30.4 Å². The minimum Gasteiger partial charge on any atom is -0.466 e. The quantitative estimate of drug-likeness (QED) is 0.505. The molecular weight excluding hydrogens is 458 g/mol. The van der Waals surface area contributed by atoms with Crippen molar-refractivity contribution in [3.63, 3.8) is 0 Å². The van der Waals surface area contributed by atoms with Crippen molar-refractivity contribution in [1.29, 1.82) is 0 Å². The number of carbonyl (C=O) groups is 2. The lowest BCUT2D eigenvalue weighted by atomic mass is 9.89. The third kappa shape index (κ3) is 5.05. The molecule has 182 valence electrons. The van der Waals surface area contributed by atoms with Gasteiger partial charge in [0.2, 0.25) is 5.91 Å². The van der Waals surface area contributed by atoms with E-state index in [4.69, 9.17) is 9.73 Å². The smallest absolute Gasteiger partial charge is 0.338 e. The van der Waals surface area contributed by atoms with Crippen molar-refractivity contribution in [3.05, 3.63) is 93.2 Å². The van der Waals surface area contributed by atoms with Gasteiger partial charge in [-0.25, -0.2) is 9.79 Å². The molecule has 0 aromatic heterocycles. The van der Waals surface area contributed by atoms with Gasteiger partial charge in [-0.1, -0.05) is 72.8 Å². The molecule has 2 atom stereocenters. The van der Waals surface area contributed by atoms with Gasteiger partial charge in [-0.05, 0) is 49.3 Å². The van der Waals surface area contributed by atoms with Crippen molar-refractivity contribution in [1.82, 2.24) is 10.2 Å². The number of benzene rings is 2. The number of allylic oxidation sites excluding steroid dienone is 1. The van der Waals surface area contributed by atoms with E-state index in [-0.39, 0.29) is 18.4 Å². The normalized spacial score (nSPS) is 18.0. The van der Waals surface area contributed by atoms with Gasteiger partial charge in [0, 0.05) is 5.70 Å². The molecule has 1 amide bonds. The summed E-state index contributed by atoms with van der Waals surface area (Å²) in [6.45, 7) is 8.07. The molecule has 0 bridgehead atoms. The predicted molar refractivity (Wildman–Crippen MR) is 141 cm³/mol. The molecule has 7 heteroatoms. The number of rotatable bonds is 7. The van der Waals surface area contributed by atoms with Crippen molar-refractivity contribution in [3.8, 4) is 0 Å². The van der Waals surface area contributed by atoms with E-state index < -0.39 is 12.0 Å². The van der Waals surface area contributed by atoms with Crippen LogP contribution in [-0.4, -0.2) is 29.1 Å². The zero-order valence-electron chi connectivity index (χ0n) is 20.8. The highest BCUT2D eigenvalue weighted by Crippen LogP contribution is 2.46. The highest BCUT2D eigenvalue weighted by atomic mass is 32.2. The largest absolute Gasteiger partial charge is 0.466 e. The number of hydrogen-bond acceptors (Lipinski definition) is 6. The number of nitrogens with one attached hydrogen (secondary N) is 1. The minimum atomic E-state index is -0.411. The number of aryl methyl sites for hydroxylation is 2. The molecule has 0 unspecified atom stereocenters. The highest BCUT2D eigenvalue weighted by molar-refractivity contribution is 8.16. The number of fused-ring (bicyclic) bond motifs is 1. The minimum absolute atomic E-state index is 0.0845. The van der Waals surface area contributed by atoms with Crippen LogP contribution in [0.2, 0.25) is 0 Å². The van der Waals surface area contributed by atoms with Crippen molar-refractivity contribution < 1.29 is 14.3 Å². The van der Waals surface area contributed by atoms with E-state index in [1.165, 1.54) is 18.9 Å². The summed E-state index contributed by atoms with van der Waals surface area (Å²) < 4.78 is 5.21. The maximum Gasteiger partial charge on any atom is 0.338 e. The number of aliphatic imine (C=N–C) groups is 1. The molecule has 2 heterocycles. The number of amides is 1. The molecule has 6 nitrogen and oxygen atoms in total. The van der Waals surface area contributed by atoms with Crippen LogP contribution >= 0.6 is 11.8 Å². The molecule has 35 heavy (non-hydrogen) atoms. The Morgan fingerprint density at radius 1 is 1.17 bits per heavy atom. The first-order chi connectivity index (χ1) is 16.8. The van der Waals surface area contributed by atoms with Gasteiger partial charge in [0.05, 0.1) is 36.9 Å². The summed E-state index contributed by atoms with van der Waals surface area (Å²) in [5.41, 5.74) is 6.33. The van der Waals surface area contributed by atoms with E-state index in [0.717, 1.165) is 38.8 Å². The first kappa shape index (κ1) is 24.8. The van der Waals surface area contributed by atoms with Gasteiger partial charge in [0.1, 0.15) is 0 Å². The summed E-state index contributed by atoms with van der Waals surface area (Å²) in [5, 5.41) is 5.84. The summed E-state index contributed by atoms with van der Waals surface area (Å²) >= 11 is 1.49. The SMILES string of the molecule is CCC1=C(C(=O)OC)[C@@H](c2ccc(C)cc2C)N2C(CC(=O)N[C@H](C)c3ccccc3)=CSC2=N1. The first-order valence-corrected chi connectivity index (χ1v) is 12.7. The maximum atomic E-state index is 13.1. The number of esters is 1. The predicted octanol–water partition coefficient (Wildman–Crippen LogP) is 5.71. The Balaban J connectivity index is 1.68. The van der Waals surface area contributed by atoms with Gasteiger partial charge in [0.15, 0.2) is 5.17 Å². The molecule has 2 aromatic rings. The summed E-state index contributed by atoms with van der Waals surface area (Å²) in [6.07, 6.45) is 0.786. The van der Waals surface area contributed by atoms with Crippen molar-refractivity contribution in [2.24, 2.45) is 4.99 Å². The molecule has 0 saturated heterocycles. The molecule has 0 aliphatic carbocycles. The zero-order valence-corrected chi connectivity index (χ0v) is 21.6. The van der Waals surface area contributed by atoms with Gasteiger partial charge < -0.3 is 15.0 Å². The molecule has 0 radical (unpaired) electrons. The third-order valence-corrected chi connectivity index (χ3v) is 7.26. The van der Waals surface area contributed by atoms with Crippen LogP contribution in [0.4, 0.5) is 0 Å². The van der Waals surface area contributed by atoms with Gasteiger partial charge in [-0.2, -0.15) is 0 Å². The van der Waals surface area contributed by atoms with Gasteiger partial charge in [0.25, 0.3) is 0 Å². The second kappa shape index (κ2) is 10.5. The molecule has 2 aliphatic rings. The maximum absolute atomic E-state index is 13.1. The Labute approximate surface area is 211 Å². The average Bonchev–Trinajstić information content (AvgIpc) is 3.25. The van der Waals surface area contributed by atoms with Crippen LogP contribution in [0.15, 0.2) is 75.9 Å². The van der Waals surface area contributed by atoms with E-state index in [1.807, 2.05) is 61.4 Å². The Bertz CT molecular complexity index is 1230. The molecule has 2 aliphatic heterocycles. The van der Waals surface area contributed by atoms with E-state index in [1.54, 1.807) is 0 Å². The van der Waals surface area contributed by atoms with Crippen LogP contribution in [0.3, 0.4) is 0 Å². The lowest BCUT2D eigenvalue weighted by molar-refractivity contribution is -0.136. The monoisotopic (exact) mass is 489 g/mol. The Hall–Kier alpha value is -3.32. The summed E-state index contributed by atoms with van der Waals surface area (Å²) in [7, 11) is 1.40. The molecule has 1 N–H and O–H groups in total. The van der Waals surface area contributed by atoms with E-state index in [9.17, 15) is 9.59 Å². The fourth-order valence-electron chi connectivity index (χ4n) is 4.62. The summed E-state index contributed by atoms with van der Waals surface area (Å²) in [4.78, 5) is 32.9. The topological polar surface area (TPSA) is 71.0 Å². The molecule has 4 rings (SSSR count). The van der Waals surface area contributed by atoms with Crippen molar-refractivity contribution in [2.75, 3.05) is 7.11 Å². The van der Waals surface area contributed by atoms with Crippen LogP contribution in [0.1, 0.15) is 61.0 Å². The van der Waals surface area contributed by atoms with Crippen LogP contribution in [0.5, 0.6) is 0 Å². The standard InChI is InChI=1S/C28H31N3O3S/c1-6-23-25(27(33)34-5)26(22-13-12-17(2)14-18(22)3)31-21(16-35-28(31)30-23)15-24(32)29-19(4)20-10-8-7-9-11-20/h7-14,16,19,26H,6,15H2,1-5H3,(H,29,32)/t19-,26-/m1/s1. The third-order valence-electron chi connectivity index (χ3n) is 6.37. The number of carbonyl (C=O) groups excluding carboxylic acids is 2. The molecular formula is C28H31N3O3S. The van der Waals surface area contributed by atoms with Crippen LogP contribution in [0, 0.1) is 13.8 Å². The van der Waals surface area contributed by atoms with E-state index >= 15 is 0 Å². The van der Waals surface area contributed by atoms with Crippen LogP contribution < -0.4 is 5.32 Å². The summed E-state index contributed by atoms with van der Waals surface area (Å²) in [6, 6.07) is 15.6. The number of hydrogen-bond donors (Lipinski definition) is 1. The highest BCUT2D eigenvalue weighted by Gasteiger charge is 2.42. The Kier molecular flexibility index (Phi) is 7.45. The van der Waals surface area contributed by atoms with Crippen molar-refractivity contribution in [2.45, 2.75) is 52.6 Å². The number of amidine groups is 1. The Morgan fingerprint density at radius 2 is 1.91 bits per heavy atom. The average molecular weight is 490 g/mol. The zero-order chi connectivity index (χ0) is 25.1. The summed E-state index contributed by atoms with van der Waals surface area (Å²) in [5.74, 6) is -0.480. The number of ether oxygens (including phenoxy) is 1. The molecule has 2 aromatic carbocycles. The van der Waals surface area contributed by atoms with Crippen LogP contribution in [0.25, 0.3) is 0 Å². The fourth-order valence-corrected chi connectivity index (χ4v) is 5.56. The fraction of sp³-hybridized carbons (Fsp3) is 0.321. The number of nitrogens with zero attached hydrogens (tertiary/aromatic N) is 2. The van der Waals surface area contributed by atoms with Gasteiger partial charge in [-0.15, -0.1) is 0 Å². The first-order valence-electron chi connectivity index (χ1n) is 11.8. The van der Waals surface area contributed by atoms with Gasteiger partial charge >= 0.3 is 5.97 Å². The second-order valence-corrected chi connectivity index (χ2v) is 9.67. The number of methoxy groups -OCH3 is 1. The van der Waals surface area contributed by atoms with E-state index in [0.29, 0.717) is 12.0 Å². The molecule has 0 fully saturated rings. The lowest BCUT2D eigenvalue weighted by Crippen LogP contribution is -2.38. The van der Waals surface area contributed by atoms with Gasteiger partial charge in [-0.3, -0.25) is 4.79 Å². The van der Waals surface area contributed by atoms with Crippen molar-refractivity contribution >= 4 is 28.8 Å². The molecule has 0 saturated carbocycles. The number of thioether (sulfide) groups is 1. The van der Waals surface area contributed by atoms with Crippen LogP contribution in [-0.2, 0) is 14.3 Å².